The molecule has 128 valence electrons. The van der Waals surface area contributed by atoms with Crippen molar-refractivity contribution in [2.24, 2.45) is 0 Å². The van der Waals surface area contributed by atoms with Crippen LogP contribution in [0, 0.1) is 0 Å². The average molecular weight is 343 g/mol. The molecule has 24 heavy (non-hydrogen) atoms. The van der Waals surface area contributed by atoms with Gasteiger partial charge in [-0.05, 0) is 50.2 Å². The maximum Gasteiger partial charge on any atom is 0.228 e. The van der Waals surface area contributed by atoms with Gasteiger partial charge in [0.2, 0.25) is 5.91 Å². The van der Waals surface area contributed by atoms with Crippen molar-refractivity contribution < 1.29 is 4.79 Å². The Labute approximate surface area is 148 Å². The number of amides is 1. The first kappa shape index (κ1) is 17.2. The van der Waals surface area contributed by atoms with Crippen molar-refractivity contribution in [2.45, 2.75) is 44.7 Å². The van der Waals surface area contributed by atoms with E-state index in [0.29, 0.717) is 6.54 Å². The number of carbonyl (C=O) groups is 1. The second-order valence-corrected chi connectivity index (χ2v) is 7.94. The average Bonchev–Trinajstić information content (AvgIpc) is 3.24. The van der Waals surface area contributed by atoms with E-state index in [9.17, 15) is 4.79 Å². The molecule has 0 aliphatic carbocycles. The Hall–Kier alpha value is -1.65. The fourth-order valence-electron chi connectivity index (χ4n) is 3.45. The van der Waals surface area contributed by atoms with Crippen LogP contribution in [0.15, 0.2) is 47.8 Å². The molecule has 0 unspecified atom stereocenters. The fourth-order valence-corrected chi connectivity index (χ4v) is 4.23. The third-order valence-corrected chi connectivity index (χ3v) is 6.18. The number of benzene rings is 1. The molecule has 1 N–H and O–H groups in total. The monoisotopic (exact) mass is 342 g/mol. The zero-order chi connectivity index (χ0) is 17.0. The van der Waals surface area contributed by atoms with Gasteiger partial charge in [0.25, 0.3) is 0 Å². The zero-order valence-corrected chi connectivity index (χ0v) is 15.3. The third kappa shape index (κ3) is 3.87. The highest BCUT2D eigenvalue weighted by Gasteiger charge is 2.36. The molecule has 3 nitrogen and oxygen atoms in total. The van der Waals surface area contributed by atoms with Crippen LogP contribution in [0.2, 0.25) is 0 Å². The molecule has 2 aromatic rings. The van der Waals surface area contributed by atoms with Crippen LogP contribution in [0.25, 0.3) is 0 Å². The minimum absolute atomic E-state index is 0.0423. The summed E-state index contributed by atoms with van der Waals surface area (Å²) in [4.78, 5) is 16.1. The largest absolute Gasteiger partial charge is 0.354 e. The van der Waals surface area contributed by atoms with Crippen LogP contribution >= 0.6 is 11.3 Å². The van der Waals surface area contributed by atoms with Gasteiger partial charge in [0.05, 0.1) is 5.92 Å². The molecule has 0 saturated carbocycles. The summed E-state index contributed by atoms with van der Waals surface area (Å²) < 4.78 is 0. The standard InChI is InChI=1S/C20H26N2OS/c1-16(18-10-6-13-24-18)19(23)21-15-20(2)11-7-12-22(20)14-17-8-4-3-5-9-17/h3-6,8-10,13,16H,7,11-12,14-15H2,1-2H3,(H,21,23)/t16-,20+/m0/s1. The smallest absolute Gasteiger partial charge is 0.228 e. The number of nitrogens with one attached hydrogen (secondary N) is 1. The molecular formula is C20H26N2OS. The van der Waals surface area contributed by atoms with Gasteiger partial charge in [-0.25, -0.2) is 0 Å². The Morgan fingerprint density at radius 3 is 2.79 bits per heavy atom. The van der Waals surface area contributed by atoms with Crippen molar-refractivity contribution in [1.82, 2.24) is 10.2 Å². The molecule has 0 radical (unpaired) electrons. The molecule has 1 aromatic heterocycles. The Bertz CT molecular complexity index is 656. The fraction of sp³-hybridized carbons (Fsp3) is 0.450. The lowest BCUT2D eigenvalue weighted by molar-refractivity contribution is -0.122. The molecule has 1 saturated heterocycles. The van der Waals surface area contributed by atoms with Crippen LogP contribution in [0.3, 0.4) is 0 Å². The molecule has 1 amide bonds. The number of hydrogen-bond donors (Lipinski definition) is 1. The summed E-state index contributed by atoms with van der Waals surface area (Å²) in [6.07, 6.45) is 2.33. The van der Waals surface area contributed by atoms with Crippen LogP contribution in [0.1, 0.15) is 43.0 Å². The maximum atomic E-state index is 12.5. The van der Waals surface area contributed by atoms with Gasteiger partial charge in [-0.3, -0.25) is 9.69 Å². The summed E-state index contributed by atoms with van der Waals surface area (Å²) in [6.45, 7) is 7.03. The van der Waals surface area contributed by atoms with Gasteiger partial charge in [-0.1, -0.05) is 36.4 Å². The second-order valence-electron chi connectivity index (χ2n) is 6.96. The summed E-state index contributed by atoms with van der Waals surface area (Å²) in [5, 5.41) is 5.22. The van der Waals surface area contributed by atoms with E-state index in [4.69, 9.17) is 0 Å². The lowest BCUT2D eigenvalue weighted by Gasteiger charge is -2.36. The van der Waals surface area contributed by atoms with Gasteiger partial charge in [0, 0.05) is 23.5 Å². The third-order valence-electron chi connectivity index (χ3n) is 5.13. The zero-order valence-electron chi connectivity index (χ0n) is 14.5. The molecule has 1 aromatic carbocycles. The lowest BCUT2D eigenvalue weighted by Crippen LogP contribution is -2.50. The van der Waals surface area contributed by atoms with Gasteiger partial charge in [0.15, 0.2) is 0 Å². The van der Waals surface area contributed by atoms with E-state index >= 15 is 0 Å². The van der Waals surface area contributed by atoms with Crippen molar-refractivity contribution in [2.75, 3.05) is 13.1 Å². The van der Waals surface area contributed by atoms with Crippen molar-refractivity contribution in [3.8, 4) is 0 Å². The summed E-state index contributed by atoms with van der Waals surface area (Å²) in [7, 11) is 0. The van der Waals surface area contributed by atoms with Crippen LogP contribution in [0.4, 0.5) is 0 Å². The van der Waals surface area contributed by atoms with Crippen molar-refractivity contribution >= 4 is 17.2 Å². The number of thiophene rings is 1. The van der Waals surface area contributed by atoms with E-state index in [0.717, 1.165) is 24.4 Å². The van der Waals surface area contributed by atoms with Crippen LogP contribution < -0.4 is 5.32 Å². The van der Waals surface area contributed by atoms with Gasteiger partial charge < -0.3 is 5.32 Å². The highest BCUT2D eigenvalue weighted by Crippen LogP contribution is 2.30. The normalized spacial score (nSPS) is 22.4. The number of likely N-dealkylation sites (tertiary alicyclic amines) is 1. The SMILES string of the molecule is C[C@H](C(=O)NC[C@@]1(C)CCCN1Cc1ccccc1)c1cccs1. The lowest BCUT2D eigenvalue weighted by atomic mass is 9.97. The molecule has 2 atom stereocenters. The predicted octanol–water partition coefficient (Wildman–Crippen LogP) is 4.02. The van der Waals surface area contributed by atoms with E-state index in [-0.39, 0.29) is 17.4 Å². The van der Waals surface area contributed by atoms with Crippen molar-refractivity contribution in [3.05, 3.63) is 58.3 Å². The molecular weight excluding hydrogens is 316 g/mol. The van der Waals surface area contributed by atoms with Gasteiger partial charge in [-0.15, -0.1) is 11.3 Å². The molecule has 1 fully saturated rings. The second kappa shape index (κ2) is 7.49. The number of rotatable bonds is 6. The van der Waals surface area contributed by atoms with Gasteiger partial charge >= 0.3 is 0 Å². The molecule has 0 spiro atoms. The number of nitrogens with zero attached hydrogens (tertiary/aromatic N) is 1. The van der Waals surface area contributed by atoms with Crippen LogP contribution in [-0.2, 0) is 11.3 Å². The topological polar surface area (TPSA) is 32.3 Å². The Morgan fingerprint density at radius 2 is 2.08 bits per heavy atom. The molecule has 1 aliphatic rings. The van der Waals surface area contributed by atoms with Crippen LogP contribution in [-0.4, -0.2) is 29.4 Å². The summed E-state index contributed by atoms with van der Waals surface area (Å²) in [5.74, 6) is 0.0582. The first-order valence-corrected chi connectivity index (χ1v) is 9.56. The predicted molar refractivity (Wildman–Crippen MR) is 100 cm³/mol. The minimum atomic E-state index is -0.0717. The molecule has 0 bridgehead atoms. The van der Waals surface area contributed by atoms with E-state index < -0.39 is 0 Å². The van der Waals surface area contributed by atoms with E-state index in [1.165, 1.54) is 12.0 Å². The molecule has 2 heterocycles. The summed E-state index contributed by atoms with van der Waals surface area (Å²) >= 11 is 1.65. The maximum absolute atomic E-state index is 12.5. The van der Waals surface area contributed by atoms with E-state index in [1.54, 1.807) is 11.3 Å². The molecule has 3 rings (SSSR count). The van der Waals surface area contributed by atoms with Gasteiger partial charge in [-0.2, -0.15) is 0 Å². The van der Waals surface area contributed by atoms with E-state index in [1.807, 2.05) is 24.4 Å². The van der Waals surface area contributed by atoms with Crippen LogP contribution in [0.5, 0.6) is 0 Å². The Morgan fingerprint density at radius 1 is 1.29 bits per heavy atom. The highest BCUT2D eigenvalue weighted by molar-refractivity contribution is 7.10. The first-order valence-electron chi connectivity index (χ1n) is 8.68. The molecule has 1 aliphatic heterocycles. The van der Waals surface area contributed by atoms with E-state index in [2.05, 4.69) is 47.5 Å². The van der Waals surface area contributed by atoms with Crippen molar-refractivity contribution in [3.63, 3.8) is 0 Å². The minimum Gasteiger partial charge on any atom is -0.354 e. The number of hydrogen-bond acceptors (Lipinski definition) is 3. The Balaban J connectivity index is 1.59. The van der Waals surface area contributed by atoms with Gasteiger partial charge in [0.1, 0.15) is 0 Å². The quantitative estimate of drug-likeness (QED) is 0.860. The van der Waals surface area contributed by atoms with Crippen molar-refractivity contribution in [1.29, 1.82) is 0 Å². The molecule has 4 heteroatoms. The highest BCUT2D eigenvalue weighted by atomic mass is 32.1. The summed E-state index contributed by atoms with van der Waals surface area (Å²) in [5.41, 5.74) is 1.38. The number of carbonyl (C=O) groups excluding carboxylic acids is 1. The summed E-state index contributed by atoms with van der Waals surface area (Å²) in [6, 6.07) is 14.6. The first-order chi connectivity index (χ1) is 11.6. The Kier molecular flexibility index (Phi) is 5.36.